The predicted molar refractivity (Wildman–Crippen MR) is 113 cm³/mol. The van der Waals surface area contributed by atoms with Gasteiger partial charge in [-0.2, -0.15) is 0 Å². The van der Waals surface area contributed by atoms with Crippen molar-refractivity contribution in [3.63, 3.8) is 0 Å². The first-order valence-electron chi connectivity index (χ1n) is 10.5. The third kappa shape index (κ3) is 4.10. The quantitative estimate of drug-likeness (QED) is 0.829. The van der Waals surface area contributed by atoms with Crippen LogP contribution in [0.5, 0.6) is 5.75 Å². The molecule has 1 amide bonds. The Bertz CT molecular complexity index is 875. The van der Waals surface area contributed by atoms with Crippen molar-refractivity contribution in [3.05, 3.63) is 35.2 Å². The van der Waals surface area contributed by atoms with E-state index >= 15 is 0 Å². The molecule has 7 heteroatoms. The number of aryl methyl sites for hydroxylation is 3. The van der Waals surface area contributed by atoms with Crippen molar-refractivity contribution in [2.24, 2.45) is 0 Å². The minimum Gasteiger partial charge on any atom is -0.404 e. The first-order valence-corrected chi connectivity index (χ1v) is 10.5. The van der Waals surface area contributed by atoms with Crippen LogP contribution >= 0.6 is 0 Å². The van der Waals surface area contributed by atoms with E-state index in [1.807, 2.05) is 12.1 Å². The Hall–Kier alpha value is -2.54. The molecule has 2 aliphatic rings. The third-order valence-electron chi connectivity index (χ3n) is 6.18. The molecule has 4 rings (SSSR count). The van der Waals surface area contributed by atoms with E-state index in [-0.39, 0.29) is 0 Å². The lowest BCUT2D eigenvalue weighted by Crippen LogP contribution is -2.39. The lowest BCUT2D eigenvalue weighted by atomic mass is 10.1. The van der Waals surface area contributed by atoms with Crippen LogP contribution in [0, 0.1) is 20.8 Å². The van der Waals surface area contributed by atoms with Crippen molar-refractivity contribution < 1.29 is 14.1 Å². The summed E-state index contributed by atoms with van der Waals surface area (Å²) in [7, 11) is 0. The summed E-state index contributed by atoms with van der Waals surface area (Å²) in [6.07, 6.45) is 3.31. The van der Waals surface area contributed by atoms with Crippen LogP contribution in [0.2, 0.25) is 0 Å². The maximum Gasteiger partial charge on any atom is 0.417 e. The number of nitrogens with one attached hydrogen (secondary N) is 1. The van der Waals surface area contributed by atoms with E-state index in [2.05, 4.69) is 40.2 Å². The summed E-state index contributed by atoms with van der Waals surface area (Å²) in [6, 6.07) is 7.38. The van der Waals surface area contributed by atoms with E-state index in [0.717, 1.165) is 18.7 Å². The number of nitrogens with zero attached hydrogens (tertiary/aromatic N) is 3. The Balaban J connectivity index is 1.38. The van der Waals surface area contributed by atoms with Crippen LogP contribution in [0.25, 0.3) is 0 Å². The Morgan fingerprint density at radius 2 is 2.07 bits per heavy atom. The van der Waals surface area contributed by atoms with Gasteiger partial charge in [-0.25, -0.2) is 4.79 Å². The highest BCUT2D eigenvalue weighted by molar-refractivity contribution is 5.87. The molecule has 2 atom stereocenters. The summed E-state index contributed by atoms with van der Waals surface area (Å²) in [4.78, 5) is 17.4. The van der Waals surface area contributed by atoms with Crippen molar-refractivity contribution in [2.45, 2.75) is 59.0 Å². The predicted octanol–water partition coefficient (Wildman–Crippen LogP) is 4.27. The van der Waals surface area contributed by atoms with Crippen LogP contribution in [0.15, 0.2) is 22.7 Å². The van der Waals surface area contributed by atoms with Gasteiger partial charge in [0.2, 0.25) is 0 Å². The van der Waals surface area contributed by atoms with E-state index < -0.39 is 6.09 Å². The van der Waals surface area contributed by atoms with Gasteiger partial charge in [0.05, 0.1) is 0 Å². The van der Waals surface area contributed by atoms with Crippen LogP contribution < -0.4 is 15.0 Å². The molecule has 0 saturated carbocycles. The number of anilines is 2. The Morgan fingerprint density at radius 1 is 1.24 bits per heavy atom. The van der Waals surface area contributed by atoms with Crippen LogP contribution in [0.1, 0.15) is 43.2 Å². The average Bonchev–Trinajstić information content (AvgIpc) is 3.39. The first-order chi connectivity index (χ1) is 13.9. The summed E-state index contributed by atoms with van der Waals surface area (Å²) in [5.41, 5.74) is 3.66. The highest BCUT2D eigenvalue weighted by Gasteiger charge is 2.33. The normalized spacial score (nSPS) is 22.3. The van der Waals surface area contributed by atoms with Crippen LogP contribution in [-0.4, -0.2) is 47.9 Å². The summed E-state index contributed by atoms with van der Waals surface area (Å²) in [5.74, 6) is 0.857. The molecule has 1 aromatic heterocycles. The molecule has 2 aromatic rings. The number of carbonyl (C=O) groups excluding carboxylic acids is 1. The maximum atomic E-state index is 12.2. The van der Waals surface area contributed by atoms with E-state index in [9.17, 15) is 4.79 Å². The van der Waals surface area contributed by atoms with Gasteiger partial charge in [-0.05, 0) is 70.3 Å². The molecule has 0 bridgehead atoms. The fourth-order valence-corrected chi connectivity index (χ4v) is 4.67. The van der Waals surface area contributed by atoms with Gasteiger partial charge in [-0.15, -0.1) is 0 Å². The Labute approximate surface area is 172 Å². The zero-order valence-electron chi connectivity index (χ0n) is 17.7. The van der Waals surface area contributed by atoms with Crippen LogP contribution in [0.3, 0.4) is 0 Å². The number of hydrogen-bond acceptors (Lipinski definition) is 6. The summed E-state index contributed by atoms with van der Waals surface area (Å²) >= 11 is 0. The monoisotopic (exact) mass is 398 g/mol. The molecule has 156 valence electrons. The van der Waals surface area contributed by atoms with Gasteiger partial charge in [0, 0.05) is 43.5 Å². The molecule has 1 aromatic carbocycles. The van der Waals surface area contributed by atoms with E-state index in [1.54, 1.807) is 13.8 Å². The number of ether oxygens (including phenoxy) is 1. The molecule has 29 heavy (non-hydrogen) atoms. The second kappa shape index (κ2) is 8.06. The van der Waals surface area contributed by atoms with Crippen molar-refractivity contribution in [2.75, 3.05) is 29.9 Å². The van der Waals surface area contributed by atoms with E-state index in [4.69, 9.17) is 9.26 Å². The largest absolute Gasteiger partial charge is 0.417 e. The molecule has 2 unspecified atom stereocenters. The molecular formula is C22H30N4O3. The van der Waals surface area contributed by atoms with Gasteiger partial charge in [0.25, 0.3) is 0 Å². The molecule has 0 spiro atoms. The van der Waals surface area contributed by atoms with Gasteiger partial charge >= 0.3 is 6.09 Å². The fourth-order valence-electron chi connectivity index (χ4n) is 4.67. The zero-order valence-corrected chi connectivity index (χ0v) is 17.7. The fraction of sp³-hybridized carbons (Fsp3) is 0.545. The first kappa shape index (κ1) is 19.8. The molecule has 0 radical (unpaired) electrons. The average molecular weight is 399 g/mol. The highest BCUT2D eigenvalue weighted by Crippen LogP contribution is 2.31. The van der Waals surface area contributed by atoms with Gasteiger partial charge in [0.1, 0.15) is 5.69 Å². The van der Waals surface area contributed by atoms with Gasteiger partial charge in [0.15, 0.2) is 11.5 Å². The number of carbonyl (C=O) groups is 1. The molecule has 2 aliphatic heterocycles. The third-order valence-corrected chi connectivity index (χ3v) is 6.18. The molecule has 2 fully saturated rings. The minimum absolute atomic E-state index is 0.370. The number of amides is 1. The zero-order chi connectivity index (χ0) is 20.5. The lowest BCUT2D eigenvalue weighted by molar-refractivity contribution is 0.204. The summed E-state index contributed by atoms with van der Waals surface area (Å²) in [5, 5.41) is 6.59. The number of benzene rings is 1. The molecule has 0 aliphatic carbocycles. The second-order valence-corrected chi connectivity index (χ2v) is 8.29. The standard InChI is InChI=1S/C22H30N4O3/c1-14-12-18(23-22(27)28-21-16(3)24-29-17(21)4)7-8-20(14)25-11-9-19(13-25)26-10-5-6-15(26)2/h7-8,12,15,19H,5-6,9-11,13H2,1-4H3,(H,23,27). The Morgan fingerprint density at radius 3 is 2.72 bits per heavy atom. The van der Waals surface area contributed by atoms with Crippen molar-refractivity contribution in [3.8, 4) is 5.75 Å². The van der Waals surface area contributed by atoms with Gasteiger partial charge < -0.3 is 14.2 Å². The van der Waals surface area contributed by atoms with Gasteiger partial charge in [-0.3, -0.25) is 10.2 Å². The molecule has 7 nitrogen and oxygen atoms in total. The molecule has 2 saturated heterocycles. The second-order valence-electron chi connectivity index (χ2n) is 8.29. The minimum atomic E-state index is -0.546. The van der Waals surface area contributed by atoms with Gasteiger partial charge in [-0.1, -0.05) is 5.16 Å². The smallest absolute Gasteiger partial charge is 0.404 e. The summed E-state index contributed by atoms with van der Waals surface area (Å²) in [6.45, 7) is 11.3. The number of aromatic nitrogens is 1. The number of hydrogen-bond donors (Lipinski definition) is 1. The Kier molecular flexibility index (Phi) is 5.50. The number of likely N-dealkylation sites (tertiary alicyclic amines) is 1. The summed E-state index contributed by atoms with van der Waals surface area (Å²) < 4.78 is 10.4. The molecular weight excluding hydrogens is 368 g/mol. The van der Waals surface area contributed by atoms with E-state index in [1.165, 1.54) is 31.5 Å². The molecule has 1 N–H and O–H groups in total. The van der Waals surface area contributed by atoms with Crippen molar-refractivity contribution in [1.82, 2.24) is 10.1 Å². The van der Waals surface area contributed by atoms with Crippen molar-refractivity contribution in [1.29, 1.82) is 0 Å². The topological polar surface area (TPSA) is 70.8 Å². The van der Waals surface area contributed by atoms with Crippen molar-refractivity contribution >= 4 is 17.5 Å². The maximum absolute atomic E-state index is 12.2. The van der Waals surface area contributed by atoms with Crippen LogP contribution in [-0.2, 0) is 0 Å². The molecule has 3 heterocycles. The van der Waals surface area contributed by atoms with Crippen LogP contribution in [0.4, 0.5) is 16.2 Å². The number of rotatable bonds is 4. The lowest BCUT2D eigenvalue weighted by Gasteiger charge is -2.29. The highest BCUT2D eigenvalue weighted by atomic mass is 16.6. The van der Waals surface area contributed by atoms with E-state index in [0.29, 0.717) is 35.0 Å². The SMILES string of the molecule is Cc1cc(NC(=O)Oc2c(C)noc2C)ccc1N1CCC(N2CCCC2C)C1.